The molecule has 90 valence electrons. The van der Waals surface area contributed by atoms with Crippen LogP contribution in [0.1, 0.15) is 38.6 Å². The SMILES string of the molecule is CCCc1cc(CC(NC)C(C)C)ncn1. The van der Waals surface area contributed by atoms with Gasteiger partial charge in [0.1, 0.15) is 6.33 Å². The standard InChI is InChI=1S/C13H23N3/c1-5-6-11-7-12(16-9-15-11)8-13(14-4)10(2)3/h7,9-10,13-14H,5-6,8H2,1-4H3. The van der Waals surface area contributed by atoms with Gasteiger partial charge in [0.25, 0.3) is 0 Å². The summed E-state index contributed by atoms with van der Waals surface area (Å²) in [6.07, 6.45) is 4.85. The van der Waals surface area contributed by atoms with Crippen LogP contribution in [0.5, 0.6) is 0 Å². The number of nitrogens with one attached hydrogen (secondary N) is 1. The summed E-state index contributed by atoms with van der Waals surface area (Å²) >= 11 is 0. The molecule has 0 fully saturated rings. The lowest BCUT2D eigenvalue weighted by atomic mass is 9.99. The molecule has 0 saturated carbocycles. The van der Waals surface area contributed by atoms with Crippen molar-refractivity contribution in [3.8, 4) is 0 Å². The highest BCUT2D eigenvalue weighted by atomic mass is 14.9. The topological polar surface area (TPSA) is 37.8 Å². The molecule has 1 heterocycles. The summed E-state index contributed by atoms with van der Waals surface area (Å²) in [6, 6.07) is 2.63. The molecule has 1 atom stereocenters. The molecule has 3 heteroatoms. The van der Waals surface area contributed by atoms with Crippen molar-refractivity contribution < 1.29 is 0 Å². The Hall–Kier alpha value is -0.960. The highest BCUT2D eigenvalue weighted by molar-refractivity contribution is 5.09. The number of hydrogen-bond acceptors (Lipinski definition) is 3. The predicted octanol–water partition coefficient (Wildman–Crippen LogP) is 2.22. The molecule has 1 N–H and O–H groups in total. The van der Waals surface area contributed by atoms with Gasteiger partial charge in [-0.05, 0) is 25.5 Å². The molecule has 0 aliphatic carbocycles. The Morgan fingerprint density at radius 2 is 1.94 bits per heavy atom. The van der Waals surface area contributed by atoms with E-state index >= 15 is 0 Å². The highest BCUT2D eigenvalue weighted by Crippen LogP contribution is 2.09. The molecule has 0 amide bonds. The van der Waals surface area contributed by atoms with Gasteiger partial charge in [-0.1, -0.05) is 27.2 Å². The van der Waals surface area contributed by atoms with Gasteiger partial charge in [0.15, 0.2) is 0 Å². The Morgan fingerprint density at radius 3 is 2.50 bits per heavy atom. The van der Waals surface area contributed by atoms with Crippen LogP contribution in [0.15, 0.2) is 12.4 Å². The molecule has 1 aromatic heterocycles. The third kappa shape index (κ3) is 3.89. The van der Waals surface area contributed by atoms with Crippen LogP contribution in [0, 0.1) is 5.92 Å². The van der Waals surface area contributed by atoms with Gasteiger partial charge in [-0.15, -0.1) is 0 Å². The van der Waals surface area contributed by atoms with E-state index in [2.05, 4.69) is 42.1 Å². The maximum absolute atomic E-state index is 4.34. The van der Waals surface area contributed by atoms with E-state index in [1.54, 1.807) is 6.33 Å². The molecule has 0 bridgehead atoms. The zero-order valence-corrected chi connectivity index (χ0v) is 10.8. The molecule has 1 unspecified atom stereocenters. The number of aromatic nitrogens is 2. The van der Waals surface area contributed by atoms with Crippen molar-refractivity contribution >= 4 is 0 Å². The first-order valence-electron chi connectivity index (χ1n) is 6.14. The average molecular weight is 221 g/mol. The average Bonchev–Trinajstić information content (AvgIpc) is 2.26. The lowest BCUT2D eigenvalue weighted by Gasteiger charge is -2.19. The second kappa shape index (κ2) is 6.59. The smallest absolute Gasteiger partial charge is 0.115 e. The third-order valence-corrected chi connectivity index (χ3v) is 2.89. The number of aryl methyl sites for hydroxylation is 1. The van der Waals surface area contributed by atoms with Gasteiger partial charge in [-0.2, -0.15) is 0 Å². The lowest BCUT2D eigenvalue weighted by molar-refractivity contribution is 0.421. The zero-order valence-electron chi connectivity index (χ0n) is 10.8. The van der Waals surface area contributed by atoms with Crippen molar-refractivity contribution in [1.82, 2.24) is 15.3 Å². The van der Waals surface area contributed by atoms with Crippen molar-refractivity contribution in [3.63, 3.8) is 0 Å². The van der Waals surface area contributed by atoms with Crippen LogP contribution in [0.2, 0.25) is 0 Å². The van der Waals surface area contributed by atoms with Crippen LogP contribution >= 0.6 is 0 Å². The van der Waals surface area contributed by atoms with Gasteiger partial charge < -0.3 is 5.32 Å². The summed E-state index contributed by atoms with van der Waals surface area (Å²) in [5.74, 6) is 0.620. The Kier molecular flexibility index (Phi) is 5.39. The molecule has 0 aliphatic rings. The Morgan fingerprint density at radius 1 is 1.25 bits per heavy atom. The van der Waals surface area contributed by atoms with E-state index in [4.69, 9.17) is 0 Å². The maximum atomic E-state index is 4.34. The van der Waals surface area contributed by atoms with Crippen LogP contribution < -0.4 is 5.32 Å². The molecule has 16 heavy (non-hydrogen) atoms. The Labute approximate surface area is 98.7 Å². The Bertz CT molecular complexity index is 310. The predicted molar refractivity (Wildman–Crippen MR) is 67.4 cm³/mol. The van der Waals surface area contributed by atoms with Gasteiger partial charge >= 0.3 is 0 Å². The second-order valence-corrected chi connectivity index (χ2v) is 4.59. The van der Waals surface area contributed by atoms with Gasteiger partial charge in [-0.3, -0.25) is 0 Å². The van der Waals surface area contributed by atoms with E-state index < -0.39 is 0 Å². The van der Waals surface area contributed by atoms with Crippen LogP contribution in [0.3, 0.4) is 0 Å². The zero-order chi connectivity index (χ0) is 12.0. The van der Waals surface area contributed by atoms with Crippen LogP contribution in [-0.2, 0) is 12.8 Å². The summed E-state index contributed by atoms with van der Waals surface area (Å²) in [7, 11) is 2.01. The minimum Gasteiger partial charge on any atom is -0.316 e. The summed E-state index contributed by atoms with van der Waals surface area (Å²) in [6.45, 7) is 6.64. The monoisotopic (exact) mass is 221 g/mol. The molecule has 0 aliphatic heterocycles. The summed E-state index contributed by atoms with van der Waals surface area (Å²) in [5.41, 5.74) is 2.30. The fourth-order valence-corrected chi connectivity index (χ4v) is 1.84. The molecule has 1 aromatic rings. The molecular formula is C13H23N3. The molecule has 0 saturated heterocycles. The summed E-state index contributed by atoms with van der Waals surface area (Å²) in [5, 5.41) is 3.34. The van der Waals surface area contributed by atoms with Crippen LogP contribution in [0.4, 0.5) is 0 Å². The molecule has 1 rings (SSSR count). The maximum Gasteiger partial charge on any atom is 0.115 e. The number of likely N-dealkylation sites (N-methyl/N-ethyl adjacent to an activating group) is 1. The van der Waals surface area contributed by atoms with Crippen LogP contribution in [-0.4, -0.2) is 23.1 Å². The van der Waals surface area contributed by atoms with Crippen molar-refractivity contribution in [2.24, 2.45) is 5.92 Å². The third-order valence-electron chi connectivity index (χ3n) is 2.89. The highest BCUT2D eigenvalue weighted by Gasteiger charge is 2.12. The van der Waals surface area contributed by atoms with Crippen molar-refractivity contribution in [2.45, 2.75) is 46.1 Å². The quantitative estimate of drug-likeness (QED) is 0.800. The second-order valence-electron chi connectivity index (χ2n) is 4.59. The minimum absolute atomic E-state index is 0.490. The van der Waals surface area contributed by atoms with E-state index in [9.17, 15) is 0 Å². The van der Waals surface area contributed by atoms with Gasteiger partial charge in [-0.25, -0.2) is 9.97 Å². The normalized spacial score (nSPS) is 13.1. The molecule has 0 aromatic carbocycles. The molecule has 3 nitrogen and oxygen atoms in total. The number of rotatable bonds is 6. The van der Waals surface area contributed by atoms with E-state index in [1.807, 2.05) is 7.05 Å². The number of hydrogen-bond donors (Lipinski definition) is 1. The van der Waals surface area contributed by atoms with Gasteiger partial charge in [0.05, 0.1) is 0 Å². The van der Waals surface area contributed by atoms with E-state index in [0.717, 1.165) is 30.7 Å². The minimum atomic E-state index is 0.490. The molecule has 0 radical (unpaired) electrons. The molecule has 0 spiro atoms. The first-order chi connectivity index (χ1) is 7.67. The fourth-order valence-electron chi connectivity index (χ4n) is 1.84. The summed E-state index contributed by atoms with van der Waals surface area (Å²) in [4.78, 5) is 8.62. The first-order valence-corrected chi connectivity index (χ1v) is 6.14. The van der Waals surface area contributed by atoms with Crippen molar-refractivity contribution in [2.75, 3.05) is 7.05 Å². The van der Waals surface area contributed by atoms with E-state index in [1.165, 1.54) is 0 Å². The van der Waals surface area contributed by atoms with E-state index in [-0.39, 0.29) is 0 Å². The fraction of sp³-hybridized carbons (Fsp3) is 0.692. The van der Waals surface area contributed by atoms with Gasteiger partial charge in [0, 0.05) is 23.9 Å². The van der Waals surface area contributed by atoms with Gasteiger partial charge in [0.2, 0.25) is 0 Å². The number of nitrogens with zero attached hydrogens (tertiary/aromatic N) is 2. The van der Waals surface area contributed by atoms with Crippen LogP contribution in [0.25, 0.3) is 0 Å². The molecular weight excluding hydrogens is 198 g/mol. The Balaban J connectivity index is 2.68. The first kappa shape index (κ1) is 13.1. The van der Waals surface area contributed by atoms with Crippen molar-refractivity contribution in [1.29, 1.82) is 0 Å². The van der Waals surface area contributed by atoms with Crippen molar-refractivity contribution in [3.05, 3.63) is 23.8 Å². The summed E-state index contributed by atoms with van der Waals surface area (Å²) < 4.78 is 0. The van der Waals surface area contributed by atoms with E-state index in [0.29, 0.717) is 12.0 Å². The largest absolute Gasteiger partial charge is 0.316 e. The lowest BCUT2D eigenvalue weighted by Crippen LogP contribution is -2.33.